The van der Waals surface area contributed by atoms with Crippen molar-refractivity contribution in [3.05, 3.63) is 12.2 Å². The molecule has 3 aliphatic rings. The lowest BCUT2D eigenvalue weighted by Crippen LogP contribution is -2.55. The van der Waals surface area contributed by atoms with Gasteiger partial charge in [0, 0.05) is 31.3 Å². The van der Waals surface area contributed by atoms with Crippen LogP contribution in [0.4, 0.5) is 0 Å². The number of nitrogens with zero attached hydrogens (tertiary/aromatic N) is 1. The van der Waals surface area contributed by atoms with E-state index in [1.165, 1.54) is 0 Å². The Balaban J connectivity index is 1.79. The Bertz CT molecular complexity index is 336. The molecule has 0 unspecified atom stereocenters. The molecular formula is C13H23NO5Si. The first-order chi connectivity index (χ1) is 9.61. The van der Waals surface area contributed by atoms with Crippen molar-refractivity contribution >= 4 is 14.8 Å². The van der Waals surface area contributed by atoms with Crippen molar-refractivity contribution in [1.82, 2.24) is 4.90 Å². The molecule has 0 N–H and O–H groups in total. The Kier molecular flexibility index (Phi) is 5.73. The van der Waals surface area contributed by atoms with Crippen molar-refractivity contribution in [3.63, 3.8) is 0 Å². The van der Waals surface area contributed by atoms with E-state index < -0.39 is 8.80 Å². The van der Waals surface area contributed by atoms with Gasteiger partial charge in [-0.05, 0) is 13.3 Å². The van der Waals surface area contributed by atoms with Crippen LogP contribution in [-0.2, 0) is 22.8 Å². The van der Waals surface area contributed by atoms with E-state index in [2.05, 4.69) is 11.5 Å². The highest BCUT2D eigenvalue weighted by atomic mass is 28.4. The molecule has 3 rings (SSSR count). The van der Waals surface area contributed by atoms with Gasteiger partial charge in [0.15, 0.2) is 0 Å². The Morgan fingerprint density at radius 1 is 1.20 bits per heavy atom. The second-order valence-corrected chi connectivity index (χ2v) is 7.82. The first kappa shape index (κ1) is 15.7. The highest BCUT2D eigenvalue weighted by Crippen LogP contribution is 2.21. The Morgan fingerprint density at radius 3 is 2.25 bits per heavy atom. The zero-order valence-electron chi connectivity index (χ0n) is 12.1. The fraction of sp³-hybridized carbons (Fsp3) is 0.769. The van der Waals surface area contributed by atoms with Crippen molar-refractivity contribution in [1.29, 1.82) is 0 Å². The summed E-state index contributed by atoms with van der Waals surface area (Å²) >= 11 is 0. The van der Waals surface area contributed by atoms with Gasteiger partial charge in [-0.1, -0.05) is 6.58 Å². The number of rotatable bonds is 5. The van der Waals surface area contributed by atoms with E-state index in [1.54, 1.807) is 6.92 Å². The summed E-state index contributed by atoms with van der Waals surface area (Å²) in [6, 6.07) is 0.691. The van der Waals surface area contributed by atoms with Gasteiger partial charge >= 0.3 is 14.8 Å². The maximum absolute atomic E-state index is 11.3. The number of fused-ring (bicyclic) bond motifs is 6. The maximum atomic E-state index is 11.3. The van der Waals surface area contributed by atoms with Crippen LogP contribution in [-0.4, -0.2) is 65.7 Å². The smallest absolute Gasteiger partial charge is 0.462 e. The molecule has 0 aliphatic carbocycles. The highest BCUT2D eigenvalue weighted by molar-refractivity contribution is 6.60. The van der Waals surface area contributed by atoms with Crippen LogP contribution < -0.4 is 0 Å². The van der Waals surface area contributed by atoms with E-state index in [4.69, 9.17) is 18.0 Å². The van der Waals surface area contributed by atoms with Crippen molar-refractivity contribution in [2.75, 3.05) is 46.1 Å². The van der Waals surface area contributed by atoms with Gasteiger partial charge in [0.25, 0.3) is 0 Å². The van der Waals surface area contributed by atoms with Gasteiger partial charge in [0.05, 0.1) is 26.4 Å². The van der Waals surface area contributed by atoms with Gasteiger partial charge in [-0.2, -0.15) is 0 Å². The molecule has 0 spiro atoms. The minimum absolute atomic E-state index is 0.349. The van der Waals surface area contributed by atoms with Gasteiger partial charge < -0.3 is 18.0 Å². The Morgan fingerprint density at radius 2 is 1.75 bits per heavy atom. The summed E-state index contributed by atoms with van der Waals surface area (Å²) in [6.07, 6.45) is 0.689. The molecule has 3 fully saturated rings. The molecule has 0 aromatic heterocycles. The second kappa shape index (κ2) is 7.33. The standard InChI is InChI=1S/C13H23NO5Si/c1-12(2)13(15)16-7-3-11-20-17-8-4-14(5-9-18-20)6-10-19-20/h1,3-11H2,2H3. The average molecular weight is 301 g/mol. The normalized spacial score (nSPS) is 30.1. The zero-order valence-corrected chi connectivity index (χ0v) is 13.1. The third-order valence-corrected chi connectivity index (χ3v) is 6.30. The van der Waals surface area contributed by atoms with Gasteiger partial charge in [-0.25, -0.2) is 4.79 Å². The van der Waals surface area contributed by atoms with Crippen LogP contribution in [0.5, 0.6) is 0 Å². The second-order valence-electron chi connectivity index (χ2n) is 5.09. The molecule has 7 heteroatoms. The van der Waals surface area contributed by atoms with Crippen molar-refractivity contribution in [2.24, 2.45) is 0 Å². The van der Waals surface area contributed by atoms with E-state index in [0.717, 1.165) is 19.6 Å². The predicted molar refractivity (Wildman–Crippen MR) is 75.2 cm³/mol. The zero-order chi connectivity index (χ0) is 14.4. The van der Waals surface area contributed by atoms with E-state index in [0.29, 0.717) is 44.5 Å². The third-order valence-electron chi connectivity index (χ3n) is 3.40. The molecule has 6 nitrogen and oxygen atoms in total. The molecule has 3 aliphatic heterocycles. The number of hydrogen-bond acceptors (Lipinski definition) is 6. The van der Waals surface area contributed by atoms with Crippen LogP contribution in [0.2, 0.25) is 6.04 Å². The summed E-state index contributed by atoms with van der Waals surface area (Å²) < 4.78 is 22.8. The topological polar surface area (TPSA) is 57.2 Å². The lowest BCUT2D eigenvalue weighted by molar-refractivity contribution is -0.139. The summed E-state index contributed by atoms with van der Waals surface area (Å²) in [5.41, 5.74) is 0.418. The number of esters is 1. The Labute approximate surface area is 121 Å². The lowest BCUT2D eigenvalue weighted by atomic mass is 10.4. The van der Waals surface area contributed by atoms with Crippen LogP contribution in [0.1, 0.15) is 13.3 Å². The SMILES string of the molecule is C=C(C)C(=O)OCCC[Si]12OCCN(CCO1)CCO2. The summed E-state index contributed by atoms with van der Waals surface area (Å²) in [6.45, 7) is 10.3. The van der Waals surface area contributed by atoms with Gasteiger partial charge in [0.1, 0.15) is 0 Å². The molecule has 0 radical (unpaired) electrons. The van der Waals surface area contributed by atoms with Gasteiger partial charge in [-0.3, -0.25) is 4.90 Å². The third kappa shape index (κ3) is 4.39. The average Bonchev–Trinajstić information content (AvgIpc) is 2.34. The number of carbonyl (C=O) groups excluding carboxylic acids is 1. The molecule has 0 amide bonds. The molecule has 0 aromatic carbocycles. The fourth-order valence-electron chi connectivity index (χ4n) is 2.24. The van der Waals surface area contributed by atoms with Gasteiger partial charge in [-0.15, -0.1) is 0 Å². The van der Waals surface area contributed by atoms with Crippen LogP contribution in [0.15, 0.2) is 12.2 Å². The van der Waals surface area contributed by atoms with Crippen LogP contribution in [0.25, 0.3) is 0 Å². The minimum atomic E-state index is -2.57. The monoisotopic (exact) mass is 301 g/mol. The molecule has 20 heavy (non-hydrogen) atoms. The van der Waals surface area contributed by atoms with Crippen molar-refractivity contribution in [3.8, 4) is 0 Å². The van der Waals surface area contributed by atoms with Crippen molar-refractivity contribution in [2.45, 2.75) is 19.4 Å². The predicted octanol–water partition coefficient (Wildman–Crippen LogP) is 0.814. The molecule has 3 saturated heterocycles. The summed E-state index contributed by atoms with van der Waals surface area (Å²) in [5, 5.41) is 0. The maximum Gasteiger partial charge on any atom is 0.501 e. The van der Waals surface area contributed by atoms with E-state index in [9.17, 15) is 4.79 Å². The van der Waals surface area contributed by atoms with E-state index >= 15 is 0 Å². The highest BCUT2D eigenvalue weighted by Gasteiger charge is 2.43. The lowest BCUT2D eigenvalue weighted by Gasteiger charge is -2.38. The molecule has 114 valence electrons. The fourth-order valence-corrected chi connectivity index (χ4v) is 4.71. The summed E-state index contributed by atoms with van der Waals surface area (Å²) in [7, 11) is -2.57. The molecule has 0 atom stereocenters. The largest absolute Gasteiger partial charge is 0.501 e. The van der Waals surface area contributed by atoms with Crippen molar-refractivity contribution < 1.29 is 22.8 Å². The molecule has 3 heterocycles. The Hall–Kier alpha value is -0.733. The number of hydrogen-bond donors (Lipinski definition) is 0. The first-order valence-corrected chi connectivity index (χ1v) is 9.01. The quantitative estimate of drug-likeness (QED) is 0.324. The van der Waals surface area contributed by atoms with E-state index in [-0.39, 0.29) is 5.97 Å². The van der Waals surface area contributed by atoms with Crippen LogP contribution in [0, 0.1) is 0 Å². The molecule has 0 saturated carbocycles. The van der Waals surface area contributed by atoms with Crippen LogP contribution >= 0.6 is 0 Å². The number of carbonyl (C=O) groups is 1. The number of ether oxygens (including phenoxy) is 1. The van der Waals surface area contributed by atoms with Gasteiger partial charge in [0.2, 0.25) is 0 Å². The molecule has 2 bridgehead atoms. The minimum Gasteiger partial charge on any atom is -0.462 e. The summed E-state index contributed by atoms with van der Waals surface area (Å²) in [4.78, 5) is 13.6. The first-order valence-electron chi connectivity index (χ1n) is 7.08. The summed E-state index contributed by atoms with van der Waals surface area (Å²) in [5.74, 6) is -0.349. The molecule has 0 aromatic rings. The van der Waals surface area contributed by atoms with Crippen LogP contribution in [0.3, 0.4) is 0 Å². The molecular weight excluding hydrogens is 278 g/mol. The van der Waals surface area contributed by atoms with E-state index in [1.807, 2.05) is 0 Å².